The lowest BCUT2D eigenvalue weighted by atomic mass is 10.2. The highest BCUT2D eigenvalue weighted by molar-refractivity contribution is 5.89. The minimum atomic E-state index is -0.0826. The first-order valence-corrected chi connectivity index (χ1v) is 7.69. The van der Waals surface area contributed by atoms with Crippen molar-refractivity contribution >= 4 is 11.7 Å². The van der Waals surface area contributed by atoms with Gasteiger partial charge in [0.25, 0.3) is 0 Å². The zero-order valence-electron chi connectivity index (χ0n) is 11.8. The van der Waals surface area contributed by atoms with Crippen LogP contribution in [0.15, 0.2) is 24.3 Å². The highest BCUT2D eigenvalue weighted by atomic mass is 16.2. The summed E-state index contributed by atoms with van der Waals surface area (Å²) in [6.07, 6.45) is 7.29. The normalized spacial score (nSPS) is 19.0. The van der Waals surface area contributed by atoms with Crippen LogP contribution in [0, 0.1) is 0 Å². The first-order valence-electron chi connectivity index (χ1n) is 7.69. The lowest BCUT2D eigenvalue weighted by Gasteiger charge is -2.13. The second-order valence-corrected chi connectivity index (χ2v) is 5.93. The summed E-state index contributed by atoms with van der Waals surface area (Å²) in [5, 5.41) is 9.41. The molecule has 0 aromatic heterocycles. The summed E-state index contributed by atoms with van der Waals surface area (Å²) in [6, 6.07) is 9.08. The molecule has 0 heterocycles. The molecule has 4 heteroatoms. The number of hydrogen-bond donors (Lipinski definition) is 3. The Morgan fingerprint density at radius 2 is 1.70 bits per heavy atom. The van der Waals surface area contributed by atoms with Crippen LogP contribution in [0.3, 0.4) is 0 Å². The second kappa shape index (κ2) is 6.27. The number of rotatable bonds is 5. The molecule has 3 N–H and O–H groups in total. The van der Waals surface area contributed by atoms with Crippen molar-refractivity contribution in [3.8, 4) is 0 Å². The van der Waals surface area contributed by atoms with E-state index in [4.69, 9.17) is 0 Å². The predicted molar refractivity (Wildman–Crippen MR) is 80.7 cm³/mol. The zero-order chi connectivity index (χ0) is 13.8. The van der Waals surface area contributed by atoms with E-state index in [1.165, 1.54) is 31.2 Å². The van der Waals surface area contributed by atoms with Crippen molar-refractivity contribution in [2.75, 3.05) is 5.32 Å². The number of benzene rings is 1. The molecular weight excluding hydrogens is 250 g/mol. The van der Waals surface area contributed by atoms with E-state index in [0.29, 0.717) is 6.04 Å². The van der Waals surface area contributed by atoms with Crippen LogP contribution in [0.2, 0.25) is 0 Å². The molecular formula is C16H23N3O. The Bertz CT molecular complexity index is 447. The van der Waals surface area contributed by atoms with Gasteiger partial charge in [-0.2, -0.15) is 0 Å². The molecule has 0 unspecified atom stereocenters. The van der Waals surface area contributed by atoms with E-state index in [-0.39, 0.29) is 6.03 Å². The fraction of sp³-hybridized carbons (Fsp3) is 0.562. The maximum Gasteiger partial charge on any atom is 0.319 e. The van der Waals surface area contributed by atoms with E-state index in [2.05, 4.69) is 28.1 Å². The minimum Gasteiger partial charge on any atom is -0.335 e. The van der Waals surface area contributed by atoms with Gasteiger partial charge in [0.05, 0.1) is 0 Å². The molecule has 2 aliphatic rings. The maximum absolute atomic E-state index is 11.8. The first kappa shape index (κ1) is 13.4. The van der Waals surface area contributed by atoms with Gasteiger partial charge in [0.2, 0.25) is 0 Å². The number of hydrogen-bond acceptors (Lipinski definition) is 2. The third-order valence-corrected chi connectivity index (χ3v) is 4.07. The van der Waals surface area contributed by atoms with Crippen molar-refractivity contribution in [2.24, 2.45) is 0 Å². The highest BCUT2D eigenvalue weighted by Gasteiger charge is 2.20. The Labute approximate surface area is 120 Å². The number of carbonyl (C=O) groups excluding carboxylic acids is 1. The van der Waals surface area contributed by atoms with Gasteiger partial charge in [-0.05, 0) is 43.4 Å². The van der Waals surface area contributed by atoms with Gasteiger partial charge in [0.1, 0.15) is 0 Å². The number of anilines is 1. The van der Waals surface area contributed by atoms with Gasteiger partial charge in [0, 0.05) is 24.3 Å². The summed E-state index contributed by atoms with van der Waals surface area (Å²) < 4.78 is 0. The van der Waals surface area contributed by atoms with Gasteiger partial charge in [-0.1, -0.05) is 25.0 Å². The standard InChI is InChI=1S/C16H23N3O/c20-16(18-14-3-1-2-4-14)19-15-7-5-12(6-8-15)11-17-13-9-10-13/h5-8,13-14,17H,1-4,9-11H2,(H2,18,19,20). The van der Waals surface area contributed by atoms with E-state index in [1.807, 2.05) is 12.1 Å². The van der Waals surface area contributed by atoms with Crippen molar-refractivity contribution < 1.29 is 4.79 Å². The van der Waals surface area contributed by atoms with Crippen molar-refractivity contribution in [3.05, 3.63) is 29.8 Å². The molecule has 0 spiro atoms. The monoisotopic (exact) mass is 273 g/mol. The molecule has 4 nitrogen and oxygen atoms in total. The Morgan fingerprint density at radius 1 is 1.00 bits per heavy atom. The lowest BCUT2D eigenvalue weighted by molar-refractivity contribution is 0.248. The van der Waals surface area contributed by atoms with Crippen LogP contribution in [0.4, 0.5) is 10.5 Å². The molecule has 0 bridgehead atoms. The quantitative estimate of drug-likeness (QED) is 0.772. The summed E-state index contributed by atoms with van der Waals surface area (Å²) >= 11 is 0. The van der Waals surface area contributed by atoms with Crippen molar-refractivity contribution in [1.82, 2.24) is 10.6 Å². The SMILES string of the molecule is O=C(Nc1ccc(CNC2CC2)cc1)NC1CCCC1. The third-order valence-electron chi connectivity index (χ3n) is 4.07. The Morgan fingerprint density at radius 3 is 2.35 bits per heavy atom. The van der Waals surface area contributed by atoms with E-state index in [1.54, 1.807) is 0 Å². The molecule has 108 valence electrons. The summed E-state index contributed by atoms with van der Waals surface area (Å²) in [7, 11) is 0. The number of urea groups is 1. The van der Waals surface area contributed by atoms with Gasteiger partial charge in [0.15, 0.2) is 0 Å². The Hall–Kier alpha value is -1.55. The van der Waals surface area contributed by atoms with E-state index in [0.717, 1.165) is 31.1 Å². The Kier molecular flexibility index (Phi) is 4.21. The predicted octanol–water partition coefficient (Wildman–Crippen LogP) is 3.00. The van der Waals surface area contributed by atoms with Crippen LogP contribution in [0.1, 0.15) is 44.1 Å². The van der Waals surface area contributed by atoms with Crippen molar-refractivity contribution in [3.63, 3.8) is 0 Å². The number of carbonyl (C=O) groups is 1. The summed E-state index contributed by atoms with van der Waals surface area (Å²) in [5.41, 5.74) is 2.12. The molecule has 0 aliphatic heterocycles. The molecule has 0 atom stereocenters. The van der Waals surface area contributed by atoms with Crippen LogP contribution < -0.4 is 16.0 Å². The molecule has 2 fully saturated rings. The van der Waals surface area contributed by atoms with Gasteiger partial charge in [-0.3, -0.25) is 0 Å². The molecule has 2 aliphatic carbocycles. The van der Waals surface area contributed by atoms with Crippen LogP contribution in [0.25, 0.3) is 0 Å². The van der Waals surface area contributed by atoms with Gasteiger partial charge in [-0.25, -0.2) is 4.79 Å². The summed E-state index contributed by atoms with van der Waals surface area (Å²) in [5.74, 6) is 0. The molecule has 2 amide bonds. The molecule has 1 aromatic carbocycles. The molecule has 0 saturated heterocycles. The van der Waals surface area contributed by atoms with Gasteiger partial charge >= 0.3 is 6.03 Å². The smallest absolute Gasteiger partial charge is 0.319 e. The summed E-state index contributed by atoms with van der Waals surface area (Å²) in [6.45, 7) is 0.916. The largest absolute Gasteiger partial charge is 0.335 e. The number of nitrogens with one attached hydrogen (secondary N) is 3. The molecule has 0 radical (unpaired) electrons. The fourth-order valence-corrected chi connectivity index (χ4v) is 2.68. The van der Waals surface area contributed by atoms with Crippen LogP contribution in [0.5, 0.6) is 0 Å². The highest BCUT2D eigenvalue weighted by Crippen LogP contribution is 2.20. The summed E-state index contributed by atoms with van der Waals surface area (Å²) in [4.78, 5) is 11.8. The molecule has 1 aromatic rings. The van der Waals surface area contributed by atoms with Crippen LogP contribution in [-0.4, -0.2) is 18.1 Å². The molecule has 2 saturated carbocycles. The van der Waals surface area contributed by atoms with Crippen molar-refractivity contribution in [1.29, 1.82) is 0 Å². The fourth-order valence-electron chi connectivity index (χ4n) is 2.68. The van der Waals surface area contributed by atoms with Crippen LogP contribution in [-0.2, 0) is 6.54 Å². The van der Waals surface area contributed by atoms with E-state index in [9.17, 15) is 4.79 Å². The second-order valence-electron chi connectivity index (χ2n) is 5.93. The first-order chi connectivity index (χ1) is 9.79. The molecule has 20 heavy (non-hydrogen) atoms. The minimum absolute atomic E-state index is 0.0826. The molecule has 3 rings (SSSR count). The van der Waals surface area contributed by atoms with E-state index >= 15 is 0 Å². The van der Waals surface area contributed by atoms with Gasteiger partial charge in [-0.15, -0.1) is 0 Å². The maximum atomic E-state index is 11.8. The average molecular weight is 273 g/mol. The van der Waals surface area contributed by atoms with Crippen molar-refractivity contribution in [2.45, 2.75) is 57.2 Å². The topological polar surface area (TPSA) is 53.2 Å². The van der Waals surface area contributed by atoms with E-state index < -0.39 is 0 Å². The average Bonchev–Trinajstić information content (AvgIpc) is 3.14. The van der Waals surface area contributed by atoms with Gasteiger partial charge < -0.3 is 16.0 Å². The van der Waals surface area contributed by atoms with Crippen LogP contribution >= 0.6 is 0 Å². The Balaban J connectivity index is 1.45. The number of amides is 2. The lowest BCUT2D eigenvalue weighted by Crippen LogP contribution is -2.36. The zero-order valence-corrected chi connectivity index (χ0v) is 11.8. The third kappa shape index (κ3) is 3.97.